The van der Waals surface area contributed by atoms with Gasteiger partial charge in [0, 0.05) is 9.86 Å². The van der Waals surface area contributed by atoms with Crippen molar-refractivity contribution in [3.8, 4) is 0 Å². The van der Waals surface area contributed by atoms with Gasteiger partial charge in [0.05, 0.1) is 5.52 Å². The van der Waals surface area contributed by atoms with Crippen molar-refractivity contribution in [1.29, 1.82) is 0 Å². The third-order valence-electron chi connectivity index (χ3n) is 2.82. The predicted molar refractivity (Wildman–Crippen MR) is 77.1 cm³/mol. The molecule has 1 atom stereocenters. The molecule has 1 heterocycles. The quantitative estimate of drug-likeness (QED) is 0.904. The van der Waals surface area contributed by atoms with Gasteiger partial charge in [0.15, 0.2) is 0 Å². The average molecular weight is 324 g/mol. The number of halogens is 1. The number of carbonyl (C=O) groups is 1. The standard InChI is InChI=1S/C13H14BrN3O2/c1-7(2)11(13(18)19)17-12-9-5-8(14)3-4-10(9)15-6-16-12/h3-7,11H,1-2H3,(H,18,19)(H,15,16,17)/t11-/m1/s1. The number of aliphatic carboxylic acids is 1. The molecular formula is C13H14BrN3O2. The Morgan fingerprint density at radius 2 is 2.11 bits per heavy atom. The fourth-order valence-electron chi connectivity index (χ4n) is 1.80. The van der Waals surface area contributed by atoms with Crippen LogP contribution in [0.5, 0.6) is 0 Å². The van der Waals surface area contributed by atoms with E-state index < -0.39 is 12.0 Å². The Hall–Kier alpha value is -1.69. The largest absolute Gasteiger partial charge is 0.480 e. The second-order valence-electron chi connectivity index (χ2n) is 4.59. The van der Waals surface area contributed by atoms with Crippen LogP contribution in [0.1, 0.15) is 13.8 Å². The average Bonchev–Trinajstić information content (AvgIpc) is 2.35. The number of anilines is 1. The molecule has 2 rings (SSSR count). The van der Waals surface area contributed by atoms with Crippen LogP contribution in [0.3, 0.4) is 0 Å². The first-order valence-electron chi connectivity index (χ1n) is 5.88. The lowest BCUT2D eigenvalue weighted by molar-refractivity contribution is -0.138. The molecule has 0 saturated carbocycles. The monoisotopic (exact) mass is 323 g/mol. The van der Waals surface area contributed by atoms with E-state index in [1.807, 2.05) is 32.0 Å². The molecule has 0 spiro atoms. The van der Waals surface area contributed by atoms with Gasteiger partial charge in [-0.25, -0.2) is 14.8 Å². The van der Waals surface area contributed by atoms with Gasteiger partial charge in [-0.15, -0.1) is 0 Å². The summed E-state index contributed by atoms with van der Waals surface area (Å²) in [5.41, 5.74) is 0.772. The normalized spacial score (nSPS) is 12.6. The minimum atomic E-state index is -0.892. The van der Waals surface area contributed by atoms with Gasteiger partial charge in [-0.2, -0.15) is 0 Å². The van der Waals surface area contributed by atoms with Gasteiger partial charge in [-0.05, 0) is 24.1 Å². The van der Waals surface area contributed by atoms with Crippen LogP contribution in [0.25, 0.3) is 10.9 Å². The number of benzene rings is 1. The third-order valence-corrected chi connectivity index (χ3v) is 3.32. The first-order valence-corrected chi connectivity index (χ1v) is 6.68. The highest BCUT2D eigenvalue weighted by Gasteiger charge is 2.22. The number of hydrogen-bond donors (Lipinski definition) is 2. The summed E-state index contributed by atoms with van der Waals surface area (Å²) in [5.74, 6) is -0.404. The van der Waals surface area contributed by atoms with Crippen LogP contribution in [-0.4, -0.2) is 27.1 Å². The Labute approximate surface area is 119 Å². The summed E-state index contributed by atoms with van der Waals surface area (Å²) >= 11 is 3.39. The number of hydrogen-bond acceptors (Lipinski definition) is 4. The number of aromatic nitrogens is 2. The van der Waals surface area contributed by atoms with Gasteiger partial charge in [0.1, 0.15) is 18.2 Å². The molecule has 100 valence electrons. The maximum atomic E-state index is 11.2. The summed E-state index contributed by atoms with van der Waals surface area (Å²) in [6, 6.07) is 4.93. The number of carboxylic acid groups (broad SMARTS) is 1. The Kier molecular flexibility index (Phi) is 3.99. The van der Waals surface area contributed by atoms with Gasteiger partial charge in [0.2, 0.25) is 0 Å². The lowest BCUT2D eigenvalue weighted by Gasteiger charge is -2.19. The number of nitrogens with zero attached hydrogens (tertiary/aromatic N) is 2. The first kappa shape index (κ1) is 13.7. The minimum Gasteiger partial charge on any atom is -0.480 e. The van der Waals surface area contributed by atoms with E-state index in [4.69, 9.17) is 0 Å². The molecule has 2 aromatic rings. The molecule has 19 heavy (non-hydrogen) atoms. The van der Waals surface area contributed by atoms with Crippen molar-refractivity contribution in [1.82, 2.24) is 9.97 Å². The summed E-state index contributed by atoms with van der Waals surface area (Å²) < 4.78 is 0.897. The Morgan fingerprint density at radius 1 is 1.37 bits per heavy atom. The van der Waals surface area contributed by atoms with Crippen molar-refractivity contribution in [3.05, 3.63) is 29.0 Å². The molecule has 0 aliphatic carbocycles. The molecule has 0 radical (unpaired) electrons. The Bertz CT molecular complexity index is 616. The van der Waals surface area contributed by atoms with Crippen LogP contribution >= 0.6 is 15.9 Å². The van der Waals surface area contributed by atoms with Crippen LogP contribution in [0.15, 0.2) is 29.0 Å². The van der Waals surface area contributed by atoms with E-state index in [1.54, 1.807) is 0 Å². The third kappa shape index (κ3) is 3.01. The zero-order valence-electron chi connectivity index (χ0n) is 10.6. The van der Waals surface area contributed by atoms with Gasteiger partial charge >= 0.3 is 5.97 Å². The van der Waals surface area contributed by atoms with Crippen molar-refractivity contribution in [3.63, 3.8) is 0 Å². The second kappa shape index (κ2) is 5.52. The highest BCUT2D eigenvalue weighted by Crippen LogP contribution is 2.24. The molecule has 0 amide bonds. The summed E-state index contributed by atoms with van der Waals surface area (Å²) in [6.45, 7) is 3.70. The first-order chi connectivity index (χ1) is 8.99. The molecule has 0 aliphatic heterocycles. The van der Waals surface area contributed by atoms with Gasteiger partial charge in [-0.1, -0.05) is 29.8 Å². The van der Waals surface area contributed by atoms with E-state index in [1.165, 1.54) is 6.33 Å². The molecule has 6 heteroatoms. The van der Waals surface area contributed by atoms with E-state index in [0.29, 0.717) is 5.82 Å². The summed E-state index contributed by atoms with van der Waals surface area (Å²) in [6.07, 6.45) is 1.43. The van der Waals surface area contributed by atoms with E-state index in [0.717, 1.165) is 15.4 Å². The molecule has 0 fully saturated rings. The van der Waals surface area contributed by atoms with Crippen LogP contribution in [0.2, 0.25) is 0 Å². The number of carboxylic acids is 1. The zero-order chi connectivity index (χ0) is 14.0. The fourth-order valence-corrected chi connectivity index (χ4v) is 2.17. The van der Waals surface area contributed by atoms with Gasteiger partial charge in [0.25, 0.3) is 0 Å². The van der Waals surface area contributed by atoms with Crippen molar-refractivity contribution >= 4 is 38.6 Å². The van der Waals surface area contributed by atoms with Crippen LogP contribution in [0.4, 0.5) is 5.82 Å². The molecule has 2 N–H and O–H groups in total. The van der Waals surface area contributed by atoms with Gasteiger partial charge in [-0.3, -0.25) is 0 Å². The van der Waals surface area contributed by atoms with Crippen LogP contribution < -0.4 is 5.32 Å². The van der Waals surface area contributed by atoms with Crippen molar-refractivity contribution in [2.45, 2.75) is 19.9 Å². The molecule has 0 saturated heterocycles. The minimum absolute atomic E-state index is 0.0466. The maximum absolute atomic E-state index is 11.2. The zero-order valence-corrected chi connectivity index (χ0v) is 12.2. The smallest absolute Gasteiger partial charge is 0.326 e. The summed E-state index contributed by atoms with van der Waals surface area (Å²) in [4.78, 5) is 19.5. The maximum Gasteiger partial charge on any atom is 0.326 e. The Balaban J connectivity index is 2.44. The molecular weight excluding hydrogens is 310 g/mol. The highest BCUT2D eigenvalue weighted by molar-refractivity contribution is 9.10. The van der Waals surface area contributed by atoms with E-state index in [2.05, 4.69) is 31.2 Å². The number of nitrogens with one attached hydrogen (secondary N) is 1. The molecule has 5 nitrogen and oxygen atoms in total. The number of rotatable bonds is 4. The summed E-state index contributed by atoms with van der Waals surface area (Å²) in [7, 11) is 0. The Morgan fingerprint density at radius 3 is 2.74 bits per heavy atom. The van der Waals surface area contributed by atoms with Crippen molar-refractivity contribution < 1.29 is 9.90 Å². The highest BCUT2D eigenvalue weighted by atomic mass is 79.9. The lowest BCUT2D eigenvalue weighted by atomic mass is 10.0. The molecule has 1 aromatic carbocycles. The molecule has 0 bridgehead atoms. The lowest BCUT2D eigenvalue weighted by Crippen LogP contribution is -2.34. The number of fused-ring (bicyclic) bond motifs is 1. The van der Waals surface area contributed by atoms with Crippen molar-refractivity contribution in [2.24, 2.45) is 5.92 Å². The second-order valence-corrected chi connectivity index (χ2v) is 5.50. The van der Waals surface area contributed by atoms with E-state index >= 15 is 0 Å². The van der Waals surface area contributed by atoms with Crippen molar-refractivity contribution in [2.75, 3.05) is 5.32 Å². The SMILES string of the molecule is CC(C)[C@@H](Nc1ncnc2ccc(Br)cc12)C(=O)O. The molecule has 1 aromatic heterocycles. The van der Waals surface area contributed by atoms with Crippen LogP contribution in [-0.2, 0) is 4.79 Å². The summed E-state index contributed by atoms with van der Waals surface area (Å²) in [5, 5.41) is 13.0. The van der Waals surface area contributed by atoms with E-state index in [9.17, 15) is 9.90 Å². The van der Waals surface area contributed by atoms with E-state index in [-0.39, 0.29) is 5.92 Å². The van der Waals surface area contributed by atoms with Gasteiger partial charge < -0.3 is 10.4 Å². The molecule has 0 aliphatic rings. The predicted octanol–water partition coefficient (Wildman–Crippen LogP) is 2.91. The fraction of sp³-hybridized carbons (Fsp3) is 0.308. The molecule has 0 unspecified atom stereocenters. The topological polar surface area (TPSA) is 75.1 Å². The van der Waals surface area contributed by atoms with Crippen LogP contribution in [0, 0.1) is 5.92 Å².